The number of amides is 2. The normalized spacial score (nSPS) is 26.4. The predicted molar refractivity (Wildman–Crippen MR) is 181 cm³/mol. The first kappa shape index (κ1) is 34.5. The molecule has 0 saturated carbocycles. The number of carbonyl (C=O) groups excluding carboxylic acids is 3. The zero-order chi connectivity index (χ0) is 36.2. The topological polar surface area (TPSA) is 176 Å². The molecule has 0 aliphatic carbocycles. The number of fused-ring (bicyclic) bond motifs is 2. The summed E-state index contributed by atoms with van der Waals surface area (Å²) >= 11 is 0. The highest BCUT2D eigenvalue weighted by molar-refractivity contribution is 5.96. The fourth-order valence-corrected chi connectivity index (χ4v) is 6.84. The van der Waals surface area contributed by atoms with Gasteiger partial charge in [-0.3, -0.25) is 29.3 Å². The second-order valence-corrected chi connectivity index (χ2v) is 14.0. The highest BCUT2D eigenvalue weighted by Gasteiger charge is 2.58. The Balaban J connectivity index is 1.15. The number of H-pyrrole nitrogens is 1. The van der Waals surface area contributed by atoms with Crippen molar-refractivity contribution in [3.05, 3.63) is 88.5 Å². The molecule has 51 heavy (non-hydrogen) atoms. The van der Waals surface area contributed by atoms with E-state index in [4.69, 9.17) is 23.7 Å². The molecule has 4 aromatic rings. The number of ether oxygens (including phenoxy) is 5. The average Bonchev–Trinajstić information content (AvgIpc) is 3.82. The molecule has 0 radical (unpaired) electrons. The van der Waals surface area contributed by atoms with Gasteiger partial charge in [0, 0.05) is 11.5 Å². The largest absolute Gasteiger partial charge is 0.461 e. The molecule has 2 aromatic carbocycles. The smallest absolute Gasteiger partial charge is 0.338 e. The number of nitrogens with one attached hydrogen (secondary N) is 2. The quantitative estimate of drug-likeness (QED) is 0.257. The summed E-state index contributed by atoms with van der Waals surface area (Å²) in [6.45, 7) is 10.2. The van der Waals surface area contributed by atoms with Crippen molar-refractivity contribution in [2.75, 3.05) is 11.9 Å². The minimum atomic E-state index is -1.16. The summed E-state index contributed by atoms with van der Waals surface area (Å²) in [6.07, 6.45) is -2.83. The highest BCUT2D eigenvalue weighted by Crippen LogP contribution is 2.45. The molecular weight excluding hydrogens is 660 g/mol. The molecule has 3 aliphatic rings. The lowest BCUT2D eigenvalue weighted by atomic mass is 9.98. The first-order valence-electron chi connectivity index (χ1n) is 16.8. The Morgan fingerprint density at radius 3 is 2.31 bits per heavy atom. The van der Waals surface area contributed by atoms with E-state index in [0.29, 0.717) is 11.1 Å². The van der Waals surface area contributed by atoms with Crippen molar-refractivity contribution < 1.29 is 38.1 Å². The molecule has 0 bridgehead atoms. The number of nitrogens with zero attached hydrogens (tertiary/aromatic N) is 4. The number of hydrogen-bond donors (Lipinski definition) is 2. The van der Waals surface area contributed by atoms with Gasteiger partial charge in [0.15, 0.2) is 29.3 Å². The molecule has 6 atom stereocenters. The molecule has 15 nitrogen and oxygen atoms in total. The molecule has 3 saturated heterocycles. The summed E-state index contributed by atoms with van der Waals surface area (Å²) in [5.41, 5.74) is -0.353. The second kappa shape index (κ2) is 13.0. The Hall–Kier alpha value is -4.96. The highest BCUT2D eigenvalue weighted by atomic mass is 16.8. The lowest BCUT2D eigenvalue weighted by Crippen LogP contribution is -2.45. The Morgan fingerprint density at radius 2 is 1.63 bits per heavy atom. The summed E-state index contributed by atoms with van der Waals surface area (Å²) < 4.78 is 32.7. The molecule has 2 amide bonds. The van der Waals surface area contributed by atoms with E-state index in [2.05, 4.69) is 20.3 Å². The first-order chi connectivity index (χ1) is 24.2. The summed E-state index contributed by atoms with van der Waals surface area (Å²) in [6, 6.07) is 17.3. The molecule has 5 heterocycles. The van der Waals surface area contributed by atoms with Crippen LogP contribution in [0.25, 0.3) is 11.2 Å². The predicted octanol–water partition coefficient (Wildman–Crippen LogP) is 3.69. The summed E-state index contributed by atoms with van der Waals surface area (Å²) in [5.74, 6) is -2.69. The average molecular weight is 701 g/mol. The molecule has 268 valence electrons. The molecular formula is C36H40N6O9. The Morgan fingerprint density at radius 1 is 0.961 bits per heavy atom. The van der Waals surface area contributed by atoms with Gasteiger partial charge in [-0.25, -0.2) is 9.78 Å². The summed E-state index contributed by atoms with van der Waals surface area (Å²) in [5, 5.41) is 2.61. The van der Waals surface area contributed by atoms with Crippen LogP contribution in [0.4, 0.5) is 5.95 Å². The van der Waals surface area contributed by atoms with Crippen molar-refractivity contribution >= 4 is 34.9 Å². The summed E-state index contributed by atoms with van der Waals surface area (Å²) in [4.78, 5) is 66.0. The van der Waals surface area contributed by atoms with Crippen molar-refractivity contribution in [3.63, 3.8) is 0 Å². The maximum Gasteiger partial charge on any atom is 0.338 e. The van der Waals surface area contributed by atoms with Gasteiger partial charge >= 0.3 is 5.97 Å². The van der Waals surface area contributed by atoms with E-state index in [0.717, 1.165) is 0 Å². The standard InChI is InChI=1S/C36H40N6O9/c1-19(2)29(43)39-34-38-28-23(30(44)40-34)37-18-41(28)32-27-25(50-36(5,6)51-27)22(48-32)17-47-33(46)26-24(20-13-9-7-10-14-20)42(35(3,4)49-26)31(45)21-15-11-8-12-16-21/h7-16,18-19,22,24-27,32H,17H2,1-6H3,(H2,38,39,40,43,44)/t22?,24-,25?,26+,27?,32?/m0/s1. The first-order valence-corrected chi connectivity index (χ1v) is 16.8. The van der Waals surface area contributed by atoms with Crippen molar-refractivity contribution in [2.24, 2.45) is 5.92 Å². The fourth-order valence-electron chi connectivity index (χ4n) is 6.84. The molecule has 15 heteroatoms. The van der Waals surface area contributed by atoms with Crippen LogP contribution in [-0.2, 0) is 33.3 Å². The molecule has 7 rings (SSSR count). The van der Waals surface area contributed by atoms with Crippen LogP contribution in [0, 0.1) is 5.92 Å². The third-order valence-electron chi connectivity index (χ3n) is 9.16. The second-order valence-electron chi connectivity index (χ2n) is 14.0. The maximum absolute atomic E-state index is 14.0. The Kier molecular flexibility index (Phi) is 8.78. The Labute approximate surface area is 293 Å². The molecule has 3 fully saturated rings. The van der Waals surface area contributed by atoms with E-state index < -0.39 is 59.7 Å². The van der Waals surface area contributed by atoms with E-state index in [9.17, 15) is 19.2 Å². The van der Waals surface area contributed by atoms with E-state index in [-0.39, 0.29) is 41.5 Å². The number of anilines is 1. The number of imidazole rings is 1. The van der Waals surface area contributed by atoms with Crippen LogP contribution in [-0.4, -0.2) is 84.7 Å². The minimum Gasteiger partial charge on any atom is -0.461 e. The lowest BCUT2D eigenvalue weighted by Gasteiger charge is -2.34. The van der Waals surface area contributed by atoms with Crippen LogP contribution in [0.1, 0.15) is 69.7 Å². The number of esters is 1. The number of aromatic amines is 1. The molecule has 0 spiro atoms. The van der Waals surface area contributed by atoms with Crippen molar-refractivity contribution in [1.29, 1.82) is 0 Å². The zero-order valence-electron chi connectivity index (χ0n) is 29.1. The van der Waals surface area contributed by atoms with Crippen LogP contribution >= 0.6 is 0 Å². The number of hydrogen-bond acceptors (Lipinski definition) is 11. The van der Waals surface area contributed by atoms with Gasteiger partial charge in [0.1, 0.15) is 30.6 Å². The minimum absolute atomic E-state index is 0.0355. The third kappa shape index (κ3) is 6.42. The van der Waals surface area contributed by atoms with Crippen LogP contribution in [0.2, 0.25) is 0 Å². The van der Waals surface area contributed by atoms with Gasteiger partial charge in [-0.15, -0.1) is 0 Å². The Bertz CT molecular complexity index is 2010. The number of benzene rings is 2. The van der Waals surface area contributed by atoms with Crippen molar-refractivity contribution in [2.45, 2.75) is 89.7 Å². The lowest BCUT2D eigenvalue weighted by molar-refractivity contribution is -0.203. The molecule has 2 aromatic heterocycles. The number of rotatable bonds is 8. The van der Waals surface area contributed by atoms with E-state index in [1.807, 2.05) is 36.4 Å². The van der Waals surface area contributed by atoms with E-state index in [1.165, 1.54) is 6.33 Å². The maximum atomic E-state index is 14.0. The number of carbonyl (C=O) groups is 3. The van der Waals surface area contributed by atoms with Crippen LogP contribution in [0.3, 0.4) is 0 Å². The van der Waals surface area contributed by atoms with Gasteiger partial charge < -0.3 is 28.6 Å². The summed E-state index contributed by atoms with van der Waals surface area (Å²) in [7, 11) is 0. The van der Waals surface area contributed by atoms with Crippen LogP contribution < -0.4 is 10.9 Å². The van der Waals surface area contributed by atoms with Gasteiger partial charge in [-0.05, 0) is 45.4 Å². The molecule has 2 N–H and O–H groups in total. The van der Waals surface area contributed by atoms with Crippen molar-refractivity contribution in [1.82, 2.24) is 24.4 Å². The van der Waals surface area contributed by atoms with Crippen molar-refractivity contribution in [3.8, 4) is 0 Å². The van der Waals surface area contributed by atoms with Crippen LogP contribution in [0.5, 0.6) is 0 Å². The van der Waals surface area contributed by atoms with Gasteiger partial charge in [0.25, 0.3) is 11.5 Å². The van der Waals surface area contributed by atoms with Gasteiger partial charge in [-0.1, -0.05) is 62.4 Å². The zero-order valence-corrected chi connectivity index (χ0v) is 29.1. The van der Waals surface area contributed by atoms with Crippen LogP contribution in [0.15, 0.2) is 71.8 Å². The van der Waals surface area contributed by atoms with E-state index in [1.54, 1.807) is 75.3 Å². The third-order valence-corrected chi connectivity index (χ3v) is 9.16. The van der Waals surface area contributed by atoms with E-state index >= 15 is 0 Å². The monoisotopic (exact) mass is 700 g/mol. The molecule has 4 unspecified atom stereocenters. The fraction of sp³-hybridized carbons (Fsp3) is 0.444. The number of aromatic nitrogens is 4. The SMILES string of the molecule is CC(C)C(=O)Nc1nc2c(ncn2C2OC(COC(=O)[C@@H]3OC(C)(C)N(C(=O)c4ccccc4)[C@H]3c3ccccc3)C3OC(C)(C)OC32)c(=O)[nH]1. The van der Waals surface area contributed by atoms with Gasteiger partial charge in [0.2, 0.25) is 11.9 Å². The molecule has 3 aliphatic heterocycles. The van der Waals surface area contributed by atoms with Gasteiger partial charge in [-0.2, -0.15) is 4.98 Å². The van der Waals surface area contributed by atoms with Gasteiger partial charge in [0.05, 0.1) is 12.4 Å².